The quantitative estimate of drug-likeness (QED) is 0.352. The second-order valence-corrected chi connectivity index (χ2v) is 8.52. The maximum atomic E-state index is 12.8. The molecule has 0 atom stereocenters. The van der Waals surface area contributed by atoms with E-state index in [-0.39, 0.29) is 18.3 Å². The monoisotopic (exact) mass is 463 g/mol. The standard InChI is InChI=1S/C26H26ClN3O3/c1-16-8-9-22(12-17(16)2)32-15-23-10-11-24(33-23)26(31)28-25-18(3)29-30(19(25)4)14-20-6-5-7-21(27)13-20/h5-13H,14-15H2,1-4H3,(H,28,31). The van der Waals surface area contributed by atoms with Crippen LogP contribution in [0.5, 0.6) is 5.75 Å². The van der Waals surface area contributed by atoms with E-state index >= 15 is 0 Å². The fourth-order valence-corrected chi connectivity index (χ4v) is 3.76. The smallest absolute Gasteiger partial charge is 0.291 e. The number of aromatic nitrogens is 2. The first-order valence-electron chi connectivity index (χ1n) is 10.7. The Morgan fingerprint density at radius 2 is 1.88 bits per heavy atom. The summed E-state index contributed by atoms with van der Waals surface area (Å²) in [5.74, 6) is 1.22. The Labute approximate surface area is 198 Å². The summed E-state index contributed by atoms with van der Waals surface area (Å²) < 4.78 is 13.4. The lowest BCUT2D eigenvalue weighted by molar-refractivity contribution is 0.0992. The third-order valence-electron chi connectivity index (χ3n) is 5.59. The van der Waals surface area contributed by atoms with Gasteiger partial charge in [-0.15, -0.1) is 0 Å². The number of hydrogen-bond donors (Lipinski definition) is 1. The van der Waals surface area contributed by atoms with Crippen molar-refractivity contribution in [3.63, 3.8) is 0 Å². The van der Waals surface area contributed by atoms with Gasteiger partial charge in [-0.1, -0.05) is 29.8 Å². The van der Waals surface area contributed by atoms with Crippen LogP contribution in [0.1, 0.15) is 44.4 Å². The van der Waals surface area contributed by atoms with Gasteiger partial charge in [-0.25, -0.2) is 0 Å². The largest absolute Gasteiger partial charge is 0.486 e. The van der Waals surface area contributed by atoms with E-state index in [9.17, 15) is 4.79 Å². The Morgan fingerprint density at radius 1 is 1.06 bits per heavy atom. The first kappa shape index (κ1) is 22.7. The number of carbonyl (C=O) groups is 1. The van der Waals surface area contributed by atoms with Crippen LogP contribution in [0.4, 0.5) is 5.69 Å². The minimum absolute atomic E-state index is 0.218. The lowest BCUT2D eigenvalue weighted by Gasteiger charge is -2.07. The SMILES string of the molecule is Cc1ccc(OCc2ccc(C(=O)Nc3c(C)nn(Cc4cccc(Cl)c4)c3C)o2)cc1C. The summed E-state index contributed by atoms with van der Waals surface area (Å²) in [6.07, 6.45) is 0. The molecule has 0 aliphatic rings. The number of ether oxygens (including phenoxy) is 1. The number of rotatable bonds is 7. The van der Waals surface area contributed by atoms with E-state index in [2.05, 4.69) is 17.3 Å². The van der Waals surface area contributed by atoms with Crippen LogP contribution in [0.25, 0.3) is 0 Å². The van der Waals surface area contributed by atoms with Gasteiger partial charge in [0.15, 0.2) is 5.76 Å². The van der Waals surface area contributed by atoms with Crippen molar-refractivity contribution in [1.29, 1.82) is 0 Å². The van der Waals surface area contributed by atoms with Crippen LogP contribution in [0.3, 0.4) is 0 Å². The van der Waals surface area contributed by atoms with Crippen molar-refractivity contribution in [2.45, 2.75) is 40.8 Å². The summed E-state index contributed by atoms with van der Waals surface area (Å²) in [5.41, 5.74) is 5.66. The number of anilines is 1. The van der Waals surface area contributed by atoms with Crippen LogP contribution in [-0.2, 0) is 13.2 Å². The summed E-state index contributed by atoms with van der Waals surface area (Å²) in [7, 11) is 0. The van der Waals surface area contributed by atoms with Gasteiger partial charge in [0.1, 0.15) is 18.1 Å². The summed E-state index contributed by atoms with van der Waals surface area (Å²) in [6.45, 7) is 8.68. The average Bonchev–Trinajstić information content (AvgIpc) is 3.35. The Balaban J connectivity index is 1.42. The van der Waals surface area contributed by atoms with E-state index in [1.165, 1.54) is 5.56 Å². The molecule has 0 unspecified atom stereocenters. The summed E-state index contributed by atoms with van der Waals surface area (Å²) in [6, 6.07) is 17.0. The predicted octanol–water partition coefficient (Wildman–Crippen LogP) is 6.24. The molecule has 1 N–H and O–H groups in total. The molecule has 33 heavy (non-hydrogen) atoms. The Hall–Kier alpha value is -3.51. The maximum absolute atomic E-state index is 12.8. The molecule has 6 nitrogen and oxygen atoms in total. The molecule has 2 aromatic heterocycles. The van der Waals surface area contributed by atoms with Gasteiger partial charge in [-0.05, 0) is 80.8 Å². The fraction of sp³-hybridized carbons (Fsp3) is 0.231. The molecule has 2 aromatic carbocycles. The number of furan rings is 1. The van der Waals surface area contributed by atoms with Crippen molar-refractivity contribution in [1.82, 2.24) is 9.78 Å². The molecule has 2 heterocycles. The van der Waals surface area contributed by atoms with Crippen LogP contribution in [0.15, 0.2) is 59.0 Å². The first-order valence-corrected chi connectivity index (χ1v) is 11.1. The van der Waals surface area contributed by atoms with Crippen molar-refractivity contribution in [2.24, 2.45) is 0 Å². The topological polar surface area (TPSA) is 69.3 Å². The maximum Gasteiger partial charge on any atom is 0.291 e. The van der Waals surface area contributed by atoms with Crippen molar-refractivity contribution in [3.05, 3.63) is 99.2 Å². The predicted molar refractivity (Wildman–Crippen MR) is 129 cm³/mol. The molecule has 0 spiro atoms. The molecule has 4 aromatic rings. The molecule has 7 heteroatoms. The number of halogens is 1. The van der Waals surface area contributed by atoms with Gasteiger partial charge in [0.05, 0.1) is 23.6 Å². The molecule has 4 rings (SSSR count). The van der Waals surface area contributed by atoms with Gasteiger partial charge in [0, 0.05) is 5.02 Å². The van der Waals surface area contributed by atoms with Gasteiger partial charge in [-0.3, -0.25) is 9.48 Å². The number of benzene rings is 2. The average molecular weight is 464 g/mol. The van der Waals surface area contributed by atoms with E-state index < -0.39 is 0 Å². The molecule has 1 amide bonds. The zero-order chi connectivity index (χ0) is 23.5. The third kappa shape index (κ3) is 5.29. The van der Waals surface area contributed by atoms with Crippen LogP contribution in [0, 0.1) is 27.7 Å². The van der Waals surface area contributed by atoms with Crippen LogP contribution in [0.2, 0.25) is 5.02 Å². The van der Waals surface area contributed by atoms with Gasteiger partial charge >= 0.3 is 0 Å². The van der Waals surface area contributed by atoms with Gasteiger partial charge in [0.2, 0.25) is 0 Å². The van der Waals surface area contributed by atoms with Crippen LogP contribution in [-0.4, -0.2) is 15.7 Å². The van der Waals surface area contributed by atoms with Crippen molar-refractivity contribution in [3.8, 4) is 5.75 Å². The van der Waals surface area contributed by atoms with E-state index in [1.54, 1.807) is 12.1 Å². The van der Waals surface area contributed by atoms with Crippen LogP contribution < -0.4 is 10.1 Å². The van der Waals surface area contributed by atoms with Gasteiger partial charge < -0.3 is 14.5 Å². The van der Waals surface area contributed by atoms with Crippen molar-refractivity contribution in [2.75, 3.05) is 5.32 Å². The molecule has 0 radical (unpaired) electrons. The lowest BCUT2D eigenvalue weighted by atomic mass is 10.1. The molecule has 0 aliphatic carbocycles. The molecule has 0 saturated carbocycles. The highest BCUT2D eigenvalue weighted by atomic mass is 35.5. The zero-order valence-electron chi connectivity index (χ0n) is 19.1. The second kappa shape index (κ2) is 9.55. The fourth-order valence-electron chi connectivity index (χ4n) is 3.55. The summed E-state index contributed by atoms with van der Waals surface area (Å²) in [5, 5.41) is 8.18. The molecule has 0 bridgehead atoms. The zero-order valence-corrected chi connectivity index (χ0v) is 19.9. The lowest BCUT2D eigenvalue weighted by Crippen LogP contribution is -2.12. The minimum Gasteiger partial charge on any atom is -0.486 e. The number of nitrogens with zero attached hydrogens (tertiary/aromatic N) is 2. The van der Waals surface area contributed by atoms with Crippen LogP contribution >= 0.6 is 11.6 Å². The number of aryl methyl sites for hydroxylation is 3. The van der Waals surface area contributed by atoms with Gasteiger partial charge in [0.25, 0.3) is 5.91 Å². The summed E-state index contributed by atoms with van der Waals surface area (Å²) >= 11 is 6.09. The molecule has 0 saturated heterocycles. The molecule has 170 valence electrons. The normalized spacial score (nSPS) is 10.9. The van der Waals surface area contributed by atoms with E-state index in [0.717, 1.165) is 28.3 Å². The molecule has 0 aliphatic heterocycles. The molecular weight excluding hydrogens is 438 g/mol. The first-order chi connectivity index (χ1) is 15.8. The Kier molecular flexibility index (Phi) is 6.56. The number of hydrogen-bond acceptors (Lipinski definition) is 4. The van der Waals surface area contributed by atoms with Crippen molar-refractivity contribution < 1.29 is 13.9 Å². The Bertz CT molecular complexity index is 1310. The summed E-state index contributed by atoms with van der Waals surface area (Å²) in [4.78, 5) is 12.8. The van der Waals surface area contributed by atoms with Gasteiger partial charge in [-0.2, -0.15) is 5.10 Å². The highest BCUT2D eigenvalue weighted by molar-refractivity contribution is 6.30. The molecule has 0 fully saturated rings. The highest BCUT2D eigenvalue weighted by Gasteiger charge is 2.18. The Morgan fingerprint density at radius 3 is 2.64 bits per heavy atom. The van der Waals surface area contributed by atoms with E-state index in [1.807, 2.05) is 67.9 Å². The molecular formula is C26H26ClN3O3. The minimum atomic E-state index is -0.332. The number of nitrogens with one attached hydrogen (secondary N) is 1. The van der Waals surface area contributed by atoms with E-state index in [4.69, 9.17) is 20.8 Å². The highest BCUT2D eigenvalue weighted by Crippen LogP contribution is 2.23. The van der Waals surface area contributed by atoms with Crippen molar-refractivity contribution >= 4 is 23.2 Å². The van der Waals surface area contributed by atoms with E-state index in [0.29, 0.717) is 23.0 Å². The second-order valence-electron chi connectivity index (χ2n) is 8.09. The third-order valence-corrected chi connectivity index (χ3v) is 5.82. The number of amides is 1. The number of carbonyl (C=O) groups excluding carboxylic acids is 1.